The van der Waals surface area contributed by atoms with Crippen LogP contribution in [-0.2, 0) is 12.6 Å². The van der Waals surface area contributed by atoms with Gasteiger partial charge in [0, 0.05) is 24.4 Å². The molecule has 0 radical (unpaired) electrons. The van der Waals surface area contributed by atoms with Crippen LogP contribution < -0.4 is 0 Å². The molecular weight excluding hydrogens is 181 g/mol. The maximum Gasteiger partial charge on any atom is 0.417 e. The summed E-state index contributed by atoms with van der Waals surface area (Å²) >= 11 is 0. The van der Waals surface area contributed by atoms with Gasteiger partial charge in [0.15, 0.2) is 5.82 Å². The summed E-state index contributed by atoms with van der Waals surface area (Å²) in [5, 5.41) is 0. The molecule has 0 spiro atoms. The van der Waals surface area contributed by atoms with E-state index in [-0.39, 0.29) is 0 Å². The van der Waals surface area contributed by atoms with Gasteiger partial charge in [-0.1, -0.05) is 0 Å². The molecule has 2 nitrogen and oxygen atoms in total. The zero-order valence-electron chi connectivity index (χ0n) is 6.47. The topological polar surface area (TPSA) is 25.2 Å². The van der Waals surface area contributed by atoms with Crippen molar-refractivity contribution in [1.29, 1.82) is 0 Å². The second kappa shape index (κ2) is 2.55. The number of aliphatic imine (C=N–C) groups is 1. The highest BCUT2D eigenvalue weighted by Crippen LogP contribution is 2.32. The van der Waals surface area contributed by atoms with E-state index in [2.05, 4.69) is 9.98 Å². The normalized spacial score (nSPS) is 14.7. The molecule has 1 aromatic heterocycles. The van der Waals surface area contributed by atoms with Crippen molar-refractivity contribution in [3.05, 3.63) is 23.4 Å². The number of fused-ring (bicyclic) bond motifs is 1. The van der Waals surface area contributed by atoms with Crippen LogP contribution in [0.2, 0.25) is 0 Å². The molecule has 2 rings (SSSR count). The van der Waals surface area contributed by atoms with Crippen LogP contribution >= 0.6 is 0 Å². The molecule has 0 aliphatic carbocycles. The van der Waals surface area contributed by atoms with Crippen LogP contribution in [0.4, 0.5) is 19.0 Å². The van der Waals surface area contributed by atoms with E-state index in [1.54, 1.807) is 6.21 Å². The van der Waals surface area contributed by atoms with E-state index in [1.165, 1.54) is 0 Å². The van der Waals surface area contributed by atoms with Crippen LogP contribution in [0.1, 0.15) is 11.1 Å². The molecule has 0 atom stereocenters. The van der Waals surface area contributed by atoms with Crippen molar-refractivity contribution in [3.8, 4) is 0 Å². The van der Waals surface area contributed by atoms with Crippen molar-refractivity contribution in [3.63, 3.8) is 0 Å². The first-order chi connectivity index (χ1) is 6.07. The Morgan fingerprint density at radius 2 is 2.08 bits per heavy atom. The molecule has 0 bridgehead atoms. The van der Waals surface area contributed by atoms with Crippen LogP contribution in [0.5, 0.6) is 0 Å². The molecule has 1 aliphatic heterocycles. The summed E-state index contributed by atoms with van der Waals surface area (Å²) < 4.78 is 36.5. The lowest BCUT2D eigenvalue weighted by atomic mass is 10.1. The molecule has 0 saturated carbocycles. The lowest BCUT2D eigenvalue weighted by Crippen LogP contribution is -2.05. The third kappa shape index (κ3) is 1.41. The Morgan fingerprint density at radius 3 is 2.77 bits per heavy atom. The minimum absolute atomic E-state index is 0.396. The number of halogens is 3. The van der Waals surface area contributed by atoms with Crippen molar-refractivity contribution in [2.24, 2.45) is 4.99 Å². The summed E-state index contributed by atoms with van der Waals surface area (Å²) in [6.07, 6.45) is -1.52. The smallest absolute Gasteiger partial charge is 0.241 e. The van der Waals surface area contributed by atoms with E-state index in [0.717, 1.165) is 12.3 Å². The summed E-state index contributed by atoms with van der Waals surface area (Å²) in [5.74, 6) is 0.396. The van der Waals surface area contributed by atoms with Crippen molar-refractivity contribution in [1.82, 2.24) is 4.98 Å². The van der Waals surface area contributed by atoms with Gasteiger partial charge in [-0.3, -0.25) is 0 Å². The molecule has 0 unspecified atom stereocenters. The molecular formula is C8H5F3N2. The van der Waals surface area contributed by atoms with Crippen LogP contribution in [-0.4, -0.2) is 11.2 Å². The maximum atomic E-state index is 12.2. The zero-order valence-corrected chi connectivity index (χ0v) is 6.47. The fraction of sp³-hybridized carbons (Fsp3) is 0.250. The molecule has 1 aliphatic rings. The summed E-state index contributed by atoms with van der Waals surface area (Å²) in [5.41, 5.74) is -0.174. The predicted octanol–water partition coefficient (Wildman–Crippen LogP) is 2.36. The molecule has 0 saturated heterocycles. The number of rotatable bonds is 0. The highest BCUT2D eigenvalue weighted by atomic mass is 19.4. The fourth-order valence-electron chi connectivity index (χ4n) is 1.16. The van der Waals surface area contributed by atoms with Gasteiger partial charge in [-0.15, -0.1) is 0 Å². The first-order valence-corrected chi connectivity index (χ1v) is 3.66. The Balaban J connectivity index is 2.45. The molecule has 1 aromatic rings. The minimum atomic E-state index is -4.31. The van der Waals surface area contributed by atoms with Gasteiger partial charge in [0.1, 0.15) is 0 Å². The van der Waals surface area contributed by atoms with Crippen molar-refractivity contribution < 1.29 is 13.2 Å². The molecule has 0 amide bonds. The number of hydrogen-bond acceptors (Lipinski definition) is 2. The fourth-order valence-corrected chi connectivity index (χ4v) is 1.16. The minimum Gasteiger partial charge on any atom is -0.241 e. The molecule has 2 heterocycles. The van der Waals surface area contributed by atoms with Crippen molar-refractivity contribution in [2.45, 2.75) is 12.6 Å². The third-order valence-electron chi connectivity index (χ3n) is 1.79. The number of nitrogens with zero attached hydrogens (tertiary/aromatic N) is 2. The quantitative estimate of drug-likeness (QED) is 0.610. The lowest BCUT2D eigenvalue weighted by Gasteiger charge is -2.06. The van der Waals surface area contributed by atoms with Gasteiger partial charge < -0.3 is 0 Å². The molecule has 0 N–H and O–H groups in total. The average Bonchev–Trinajstić information content (AvgIpc) is 2.47. The Morgan fingerprint density at radius 1 is 1.31 bits per heavy atom. The predicted molar refractivity (Wildman–Crippen MR) is 41.1 cm³/mol. The highest BCUT2D eigenvalue weighted by molar-refractivity contribution is 5.73. The zero-order chi connectivity index (χ0) is 9.47. The van der Waals surface area contributed by atoms with E-state index >= 15 is 0 Å². The first-order valence-electron chi connectivity index (χ1n) is 3.66. The lowest BCUT2D eigenvalue weighted by molar-refractivity contribution is -0.137. The Bertz CT molecular complexity index is 368. The molecule has 5 heteroatoms. The van der Waals surface area contributed by atoms with Gasteiger partial charge >= 0.3 is 6.18 Å². The largest absolute Gasteiger partial charge is 0.417 e. The Labute approximate surface area is 72.1 Å². The van der Waals surface area contributed by atoms with Crippen LogP contribution in [0.3, 0.4) is 0 Å². The molecule has 13 heavy (non-hydrogen) atoms. The van der Waals surface area contributed by atoms with Crippen molar-refractivity contribution in [2.75, 3.05) is 0 Å². The standard InChI is InChI=1S/C8H5F3N2/c9-8(10,11)6-3-5-1-2-12-7(5)13-4-6/h2-4H,1H2. The second-order valence-electron chi connectivity index (χ2n) is 2.72. The number of aromatic nitrogens is 1. The number of hydrogen-bond donors (Lipinski definition) is 0. The first kappa shape index (κ1) is 8.22. The number of alkyl halides is 3. The molecule has 0 aromatic carbocycles. The molecule has 0 fully saturated rings. The van der Waals surface area contributed by atoms with Gasteiger partial charge in [-0.25, -0.2) is 9.98 Å². The summed E-state index contributed by atoms with van der Waals surface area (Å²) in [6, 6.07) is 1.09. The van der Waals surface area contributed by atoms with Gasteiger partial charge in [-0.2, -0.15) is 13.2 Å². The Hall–Kier alpha value is -1.39. The Kier molecular flexibility index (Phi) is 1.61. The summed E-state index contributed by atoms with van der Waals surface area (Å²) in [6.45, 7) is 0. The van der Waals surface area contributed by atoms with E-state index in [0.29, 0.717) is 17.8 Å². The van der Waals surface area contributed by atoms with E-state index in [4.69, 9.17) is 0 Å². The average molecular weight is 186 g/mol. The van der Waals surface area contributed by atoms with Crippen LogP contribution in [0, 0.1) is 0 Å². The number of pyridine rings is 1. The van der Waals surface area contributed by atoms with Gasteiger partial charge in [0.25, 0.3) is 0 Å². The maximum absolute atomic E-state index is 12.2. The van der Waals surface area contributed by atoms with Gasteiger partial charge in [0.2, 0.25) is 0 Å². The van der Waals surface area contributed by atoms with Gasteiger partial charge in [-0.05, 0) is 6.07 Å². The monoisotopic (exact) mass is 186 g/mol. The van der Waals surface area contributed by atoms with E-state index < -0.39 is 11.7 Å². The van der Waals surface area contributed by atoms with Crippen LogP contribution in [0.25, 0.3) is 0 Å². The van der Waals surface area contributed by atoms with Crippen LogP contribution in [0.15, 0.2) is 17.3 Å². The second-order valence-corrected chi connectivity index (χ2v) is 2.72. The highest BCUT2D eigenvalue weighted by Gasteiger charge is 2.31. The third-order valence-corrected chi connectivity index (χ3v) is 1.79. The van der Waals surface area contributed by atoms with Gasteiger partial charge in [0.05, 0.1) is 5.56 Å². The summed E-state index contributed by atoms with van der Waals surface area (Å²) in [4.78, 5) is 7.43. The van der Waals surface area contributed by atoms with E-state index in [9.17, 15) is 13.2 Å². The van der Waals surface area contributed by atoms with Crippen molar-refractivity contribution >= 4 is 12.0 Å². The molecule has 68 valence electrons. The SMILES string of the molecule is FC(F)(F)c1cnc2c(c1)CC=N2. The van der Waals surface area contributed by atoms with E-state index in [1.807, 2.05) is 0 Å². The summed E-state index contributed by atoms with van der Waals surface area (Å²) in [7, 11) is 0.